The second-order valence-corrected chi connectivity index (χ2v) is 2.74. The number of hydrogen-bond acceptors (Lipinski definition) is 3. The van der Waals surface area contributed by atoms with Gasteiger partial charge in [0.05, 0.1) is 0 Å². The minimum absolute atomic E-state index is 0.122. The maximum atomic E-state index is 11.2. The van der Waals surface area contributed by atoms with Gasteiger partial charge in [0.25, 0.3) is 0 Å². The maximum absolute atomic E-state index is 11.2. The molecular weight excluding hydrogens is 180 g/mol. The van der Waals surface area contributed by atoms with E-state index in [0.29, 0.717) is 18.8 Å². The summed E-state index contributed by atoms with van der Waals surface area (Å²) in [6, 6.07) is 1.63. The molecule has 0 aliphatic heterocycles. The average molecular weight is 192 g/mol. The van der Waals surface area contributed by atoms with Crippen molar-refractivity contribution in [3.63, 3.8) is 0 Å². The molecule has 1 aromatic heterocycles. The minimum atomic E-state index is -0.122. The Morgan fingerprint density at radius 1 is 1.79 bits per heavy atom. The summed E-state index contributed by atoms with van der Waals surface area (Å²) in [5.74, 6) is 2.72. The van der Waals surface area contributed by atoms with Gasteiger partial charge >= 0.3 is 0 Å². The molecule has 0 saturated heterocycles. The van der Waals surface area contributed by atoms with Crippen molar-refractivity contribution in [3.8, 4) is 12.3 Å². The maximum Gasteiger partial charge on any atom is 0.241 e. The van der Waals surface area contributed by atoms with Crippen molar-refractivity contribution in [2.45, 2.75) is 13.0 Å². The third-order valence-electron chi connectivity index (χ3n) is 1.56. The number of nitrogens with one attached hydrogen (secondary N) is 1. The Morgan fingerprint density at radius 2 is 2.57 bits per heavy atom. The Hall–Kier alpha value is -1.96. The summed E-state index contributed by atoms with van der Waals surface area (Å²) in [4.78, 5) is 11.2. The van der Waals surface area contributed by atoms with Crippen molar-refractivity contribution in [1.29, 1.82) is 0 Å². The van der Waals surface area contributed by atoms with Crippen LogP contribution in [0.1, 0.15) is 6.42 Å². The molecule has 1 rings (SSSR count). The molecule has 5 nitrogen and oxygen atoms in total. The minimum Gasteiger partial charge on any atom is -0.382 e. The second kappa shape index (κ2) is 4.92. The summed E-state index contributed by atoms with van der Waals surface area (Å²) >= 11 is 0. The highest BCUT2D eigenvalue weighted by Gasteiger charge is 2.01. The van der Waals surface area contributed by atoms with Gasteiger partial charge in [-0.1, -0.05) is 0 Å². The second-order valence-electron chi connectivity index (χ2n) is 2.74. The Labute approximate surface area is 82.3 Å². The largest absolute Gasteiger partial charge is 0.382 e. The third-order valence-corrected chi connectivity index (χ3v) is 1.56. The van der Waals surface area contributed by atoms with E-state index in [-0.39, 0.29) is 12.5 Å². The lowest BCUT2D eigenvalue weighted by Crippen LogP contribution is -2.28. The van der Waals surface area contributed by atoms with E-state index in [9.17, 15) is 4.79 Å². The average Bonchev–Trinajstić information content (AvgIpc) is 2.52. The predicted octanol–water partition coefficient (Wildman–Crippen LogP) is -0.395. The van der Waals surface area contributed by atoms with E-state index < -0.39 is 0 Å². The van der Waals surface area contributed by atoms with Gasteiger partial charge in [0.2, 0.25) is 5.91 Å². The molecule has 1 amide bonds. The fourth-order valence-electron chi connectivity index (χ4n) is 0.943. The van der Waals surface area contributed by atoms with Gasteiger partial charge in [-0.25, -0.2) is 0 Å². The fraction of sp³-hybridized carbons (Fsp3) is 0.333. The van der Waals surface area contributed by atoms with Gasteiger partial charge < -0.3 is 11.1 Å². The molecule has 0 aliphatic carbocycles. The first-order valence-corrected chi connectivity index (χ1v) is 4.21. The van der Waals surface area contributed by atoms with Crippen LogP contribution in [0.2, 0.25) is 0 Å². The van der Waals surface area contributed by atoms with E-state index in [0.717, 1.165) is 0 Å². The van der Waals surface area contributed by atoms with Crippen molar-refractivity contribution in [2.75, 3.05) is 12.3 Å². The van der Waals surface area contributed by atoms with Crippen LogP contribution in [-0.4, -0.2) is 22.2 Å². The number of terminal acetylenes is 1. The molecule has 3 N–H and O–H groups in total. The summed E-state index contributed by atoms with van der Waals surface area (Å²) in [6.07, 6.45) is 7.22. The van der Waals surface area contributed by atoms with Crippen molar-refractivity contribution < 1.29 is 4.79 Å². The first kappa shape index (κ1) is 10.1. The zero-order valence-electron chi connectivity index (χ0n) is 7.73. The summed E-state index contributed by atoms with van der Waals surface area (Å²) in [5.41, 5.74) is 5.39. The number of nitrogens with zero attached hydrogens (tertiary/aromatic N) is 2. The van der Waals surface area contributed by atoms with E-state index in [1.165, 1.54) is 4.68 Å². The zero-order valence-corrected chi connectivity index (χ0v) is 7.73. The number of nitrogen functional groups attached to an aromatic ring is 1. The molecule has 0 saturated carbocycles. The van der Waals surface area contributed by atoms with Crippen molar-refractivity contribution in [1.82, 2.24) is 15.1 Å². The number of rotatable bonds is 4. The Kier molecular flexibility index (Phi) is 3.56. The Balaban J connectivity index is 2.31. The normalized spacial score (nSPS) is 9.36. The molecule has 0 fully saturated rings. The van der Waals surface area contributed by atoms with Crippen LogP contribution in [0.5, 0.6) is 0 Å². The number of nitrogens with two attached hydrogens (primary N) is 1. The van der Waals surface area contributed by atoms with E-state index >= 15 is 0 Å². The van der Waals surface area contributed by atoms with Crippen LogP contribution in [-0.2, 0) is 11.3 Å². The Bertz CT molecular complexity index is 350. The van der Waals surface area contributed by atoms with Crippen LogP contribution >= 0.6 is 0 Å². The predicted molar refractivity (Wildman–Crippen MR) is 53.1 cm³/mol. The SMILES string of the molecule is C#CCCNC(=O)Cn1ccc(N)n1. The molecule has 1 aromatic rings. The van der Waals surface area contributed by atoms with E-state index in [1.807, 2.05) is 0 Å². The smallest absolute Gasteiger partial charge is 0.241 e. The van der Waals surface area contributed by atoms with E-state index in [2.05, 4.69) is 16.3 Å². The molecule has 0 unspecified atom stereocenters. The number of carbonyl (C=O) groups excluding carboxylic acids is 1. The highest BCUT2D eigenvalue weighted by molar-refractivity contribution is 5.75. The molecular formula is C9H12N4O. The molecule has 0 bridgehead atoms. The van der Waals surface area contributed by atoms with Crippen molar-refractivity contribution >= 4 is 11.7 Å². The molecule has 74 valence electrons. The molecule has 14 heavy (non-hydrogen) atoms. The zero-order chi connectivity index (χ0) is 10.4. The van der Waals surface area contributed by atoms with Gasteiger partial charge in [-0.2, -0.15) is 5.10 Å². The standard InChI is InChI=1S/C9H12N4O/c1-2-3-5-11-9(14)7-13-6-4-8(10)12-13/h1,4,6H,3,5,7H2,(H2,10,12)(H,11,14). The fourth-order valence-corrected chi connectivity index (χ4v) is 0.943. The van der Waals surface area contributed by atoms with Gasteiger partial charge in [-0.15, -0.1) is 12.3 Å². The first-order valence-electron chi connectivity index (χ1n) is 4.21. The monoisotopic (exact) mass is 192 g/mol. The molecule has 0 aliphatic rings. The van der Waals surface area contributed by atoms with Crippen LogP contribution in [0.4, 0.5) is 5.82 Å². The topological polar surface area (TPSA) is 72.9 Å². The lowest BCUT2D eigenvalue weighted by Gasteiger charge is -2.02. The quantitative estimate of drug-likeness (QED) is 0.504. The molecule has 0 aromatic carbocycles. The lowest BCUT2D eigenvalue weighted by atomic mass is 10.4. The molecule has 1 heterocycles. The van der Waals surface area contributed by atoms with Crippen molar-refractivity contribution in [3.05, 3.63) is 12.3 Å². The number of amides is 1. The molecule has 0 spiro atoms. The van der Waals surface area contributed by atoms with Crippen LogP contribution in [0.15, 0.2) is 12.3 Å². The van der Waals surface area contributed by atoms with Crippen LogP contribution in [0, 0.1) is 12.3 Å². The first-order chi connectivity index (χ1) is 6.72. The van der Waals surface area contributed by atoms with Crippen molar-refractivity contribution in [2.24, 2.45) is 0 Å². The summed E-state index contributed by atoms with van der Waals surface area (Å²) in [7, 11) is 0. The number of carbonyl (C=O) groups is 1. The van der Waals surface area contributed by atoms with Gasteiger partial charge in [0, 0.05) is 19.2 Å². The highest BCUT2D eigenvalue weighted by Crippen LogP contribution is 1.94. The number of anilines is 1. The van der Waals surface area contributed by atoms with Gasteiger partial charge in [0.15, 0.2) is 0 Å². The molecule has 0 atom stereocenters. The summed E-state index contributed by atoms with van der Waals surface area (Å²) < 4.78 is 1.47. The highest BCUT2D eigenvalue weighted by atomic mass is 16.2. The van der Waals surface area contributed by atoms with Gasteiger partial charge in [0.1, 0.15) is 12.4 Å². The van der Waals surface area contributed by atoms with Gasteiger partial charge in [-0.05, 0) is 6.07 Å². The van der Waals surface area contributed by atoms with Crippen LogP contribution in [0.25, 0.3) is 0 Å². The third kappa shape index (κ3) is 3.19. The lowest BCUT2D eigenvalue weighted by molar-refractivity contribution is -0.121. The van der Waals surface area contributed by atoms with Gasteiger partial charge in [-0.3, -0.25) is 9.48 Å². The summed E-state index contributed by atoms with van der Waals surface area (Å²) in [6.45, 7) is 0.661. The number of aromatic nitrogens is 2. The van der Waals surface area contributed by atoms with Crippen LogP contribution in [0.3, 0.4) is 0 Å². The summed E-state index contributed by atoms with van der Waals surface area (Å²) in [5, 5.41) is 6.53. The number of hydrogen-bond donors (Lipinski definition) is 2. The van der Waals surface area contributed by atoms with E-state index in [1.54, 1.807) is 12.3 Å². The van der Waals surface area contributed by atoms with E-state index in [4.69, 9.17) is 12.2 Å². The molecule has 5 heteroatoms. The molecule has 0 radical (unpaired) electrons. The van der Waals surface area contributed by atoms with Crippen LogP contribution < -0.4 is 11.1 Å². The Morgan fingerprint density at radius 3 is 3.14 bits per heavy atom.